The number of hydrogen-bond acceptors (Lipinski definition) is 3. The van der Waals surface area contributed by atoms with Crippen molar-refractivity contribution in [2.24, 2.45) is 0 Å². The van der Waals surface area contributed by atoms with Gasteiger partial charge in [0.2, 0.25) is 0 Å². The number of ether oxygens (including phenoxy) is 1. The van der Waals surface area contributed by atoms with Gasteiger partial charge in [0.15, 0.2) is 0 Å². The van der Waals surface area contributed by atoms with Crippen molar-refractivity contribution < 1.29 is 9.53 Å². The fourth-order valence-electron chi connectivity index (χ4n) is 1.18. The zero-order chi connectivity index (χ0) is 11.7. The molecule has 1 aromatic rings. The Balaban J connectivity index is 0.000000921. The lowest BCUT2D eigenvalue weighted by molar-refractivity contribution is -0.143. The summed E-state index contributed by atoms with van der Waals surface area (Å²) in [5.74, 6) is -0.270. The van der Waals surface area contributed by atoms with Gasteiger partial charge < -0.3 is 10.1 Å². The van der Waals surface area contributed by atoms with E-state index < -0.39 is 0 Å². The van der Waals surface area contributed by atoms with Crippen LogP contribution in [0.25, 0.3) is 0 Å². The molecule has 0 amide bonds. The lowest BCUT2D eigenvalue weighted by Crippen LogP contribution is -2.26. The summed E-state index contributed by atoms with van der Waals surface area (Å²) in [5.41, 5.74) is 0.914. The molecule has 0 aliphatic heterocycles. The van der Waals surface area contributed by atoms with Crippen LogP contribution in [0, 0.1) is 0 Å². The van der Waals surface area contributed by atoms with Crippen molar-refractivity contribution in [2.45, 2.75) is 19.9 Å². The molecule has 84 valence electrons. The van der Waals surface area contributed by atoms with Crippen molar-refractivity contribution in [1.82, 2.24) is 5.32 Å². The third-order valence-corrected chi connectivity index (χ3v) is 1.86. The molecular formula is C12H19NO2. The quantitative estimate of drug-likeness (QED) is 0.775. The maximum absolute atomic E-state index is 11.3. The Labute approximate surface area is 91.5 Å². The third-order valence-electron chi connectivity index (χ3n) is 1.86. The molecule has 3 heteroatoms. The number of rotatable bonds is 3. The highest BCUT2D eigenvalue weighted by atomic mass is 16.5. The summed E-state index contributed by atoms with van der Waals surface area (Å²) in [6, 6.07) is 9.10. The van der Waals surface area contributed by atoms with Gasteiger partial charge in [0.25, 0.3) is 0 Å². The number of nitrogens with one attached hydrogen (secondary N) is 1. The van der Waals surface area contributed by atoms with Crippen molar-refractivity contribution in [1.29, 1.82) is 0 Å². The van der Waals surface area contributed by atoms with E-state index >= 15 is 0 Å². The van der Waals surface area contributed by atoms with Crippen molar-refractivity contribution >= 4 is 5.97 Å². The Morgan fingerprint density at radius 1 is 1.27 bits per heavy atom. The van der Waals surface area contributed by atoms with Crippen LogP contribution in [0.5, 0.6) is 0 Å². The molecule has 1 N–H and O–H groups in total. The number of likely N-dealkylation sites (N-methyl/N-ethyl adjacent to an activating group) is 1. The Bertz CT molecular complexity index is 272. The van der Waals surface area contributed by atoms with E-state index in [9.17, 15) is 4.79 Å². The van der Waals surface area contributed by atoms with Crippen molar-refractivity contribution in [2.75, 3.05) is 14.2 Å². The average molecular weight is 209 g/mol. The van der Waals surface area contributed by atoms with Gasteiger partial charge in [-0.1, -0.05) is 44.2 Å². The molecule has 0 unspecified atom stereocenters. The van der Waals surface area contributed by atoms with Crippen LogP contribution in [0.4, 0.5) is 0 Å². The molecule has 0 aliphatic rings. The van der Waals surface area contributed by atoms with E-state index in [4.69, 9.17) is 0 Å². The van der Waals surface area contributed by atoms with Crippen molar-refractivity contribution in [3.63, 3.8) is 0 Å². The molecular weight excluding hydrogens is 190 g/mol. The average Bonchev–Trinajstić information content (AvgIpc) is 2.33. The molecule has 0 radical (unpaired) electrons. The molecule has 0 heterocycles. The molecule has 0 spiro atoms. The first-order chi connectivity index (χ1) is 7.29. The Hall–Kier alpha value is -1.35. The molecule has 1 atom stereocenters. The Morgan fingerprint density at radius 3 is 2.20 bits per heavy atom. The van der Waals surface area contributed by atoms with Gasteiger partial charge in [-0.2, -0.15) is 0 Å². The highest BCUT2D eigenvalue weighted by molar-refractivity contribution is 5.77. The molecule has 0 saturated carbocycles. The smallest absolute Gasteiger partial charge is 0.327 e. The SMILES string of the molecule is CC.CN[C@@H](C(=O)OC)c1ccccc1. The molecule has 3 nitrogen and oxygen atoms in total. The zero-order valence-electron chi connectivity index (χ0n) is 9.78. The second-order valence-corrected chi connectivity index (χ2v) is 2.66. The minimum atomic E-state index is -0.369. The number of hydrogen-bond donors (Lipinski definition) is 1. The van der Waals surface area contributed by atoms with Gasteiger partial charge in [-0.3, -0.25) is 0 Å². The molecule has 0 aliphatic carbocycles. The number of esters is 1. The largest absolute Gasteiger partial charge is 0.468 e. The van der Waals surface area contributed by atoms with E-state index in [1.807, 2.05) is 44.2 Å². The number of carbonyl (C=O) groups is 1. The number of carbonyl (C=O) groups excluding carboxylic acids is 1. The molecule has 0 bridgehead atoms. The number of methoxy groups -OCH3 is 1. The van der Waals surface area contributed by atoms with E-state index in [1.165, 1.54) is 7.11 Å². The summed E-state index contributed by atoms with van der Waals surface area (Å²) >= 11 is 0. The summed E-state index contributed by atoms with van der Waals surface area (Å²) in [6.45, 7) is 4.00. The maximum Gasteiger partial charge on any atom is 0.327 e. The highest BCUT2D eigenvalue weighted by Gasteiger charge is 2.17. The van der Waals surface area contributed by atoms with Crippen LogP contribution in [0.2, 0.25) is 0 Å². The van der Waals surface area contributed by atoms with E-state index in [-0.39, 0.29) is 12.0 Å². The van der Waals surface area contributed by atoms with Crippen LogP contribution >= 0.6 is 0 Å². The van der Waals surface area contributed by atoms with Gasteiger partial charge in [-0.05, 0) is 12.6 Å². The van der Waals surface area contributed by atoms with E-state index in [0.29, 0.717) is 0 Å². The minimum absolute atomic E-state index is 0.270. The zero-order valence-corrected chi connectivity index (χ0v) is 9.78. The first kappa shape index (κ1) is 13.7. The van der Waals surface area contributed by atoms with Crippen LogP contribution in [-0.2, 0) is 9.53 Å². The van der Waals surface area contributed by atoms with Gasteiger partial charge >= 0.3 is 5.97 Å². The second-order valence-electron chi connectivity index (χ2n) is 2.66. The molecule has 1 aromatic carbocycles. The highest BCUT2D eigenvalue weighted by Crippen LogP contribution is 2.12. The van der Waals surface area contributed by atoms with Gasteiger partial charge in [0, 0.05) is 0 Å². The molecule has 15 heavy (non-hydrogen) atoms. The molecule has 0 aromatic heterocycles. The third kappa shape index (κ3) is 4.13. The summed E-state index contributed by atoms with van der Waals surface area (Å²) in [6.07, 6.45) is 0. The number of benzene rings is 1. The fourth-order valence-corrected chi connectivity index (χ4v) is 1.18. The standard InChI is InChI=1S/C10H13NO2.C2H6/c1-11-9(10(12)13-2)8-6-4-3-5-7-8;1-2/h3-7,9,11H,1-2H3;1-2H3/t9-;/m1./s1. The van der Waals surface area contributed by atoms with Crippen LogP contribution in [0.3, 0.4) is 0 Å². The summed E-state index contributed by atoms with van der Waals surface area (Å²) < 4.78 is 4.66. The lowest BCUT2D eigenvalue weighted by atomic mass is 10.1. The second kappa shape index (κ2) is 8.00. The van der Waals surface area contributed by atoms with Gasteiger partial charge in [0.05, 0.1) is 7.11 Å². The predicted molar refractivity (Wildman–Crippen MR) is 61.6 cm³/mol. The minimum Gasteiger partial charge on any atom is -0.468 e. The predicted octanol–water partition coefficient (Wildman–Crippen LogP) is 2.15. The maximum atomic E-state index is 11.3. The van der Waals surface area contributed by atoms with Crippen molar-refractivity contribution in [3.05, 3.63) is 35.9 Å². The van der Waals surface area contributed by atoms with E-state index in [2.05, 4.69) is 10.1 Å². The first-order valence-electron chi connectivity index (χ1n) is 5.09. The summed E-state index contributed by atoms with van der Waals surface area (Å²) in [7, 11) is 3.12. The van der Waals surface area contributed by atoms with E-state index in [0.717, 1.165) is 5.56 Å². The van der Waals surface area contributed by atoms with Crippen LogP contribution in [0.1, 0.15) is 25.5 Å². The summed E-state index contributed by atoms with van der Waals surface area (Å²) in [4.78, 5) is 11.3. The van der Waals surface area contributed by atoms with Gasteiger partial charge in [0.1, 0.15) is 6.04 Å². The topological polar surface area (TPSA) is 38.3 Å². The van der Waals surface area contributed by atoms with Crippen LogP contribution in [-0.4, -0.2) is 20.1 Å². The van der Waals surface area contributed by atoms with Crippen LogP contribution in [0.15, 0.2) is 30.3 Å². The molecule has 0 saturated heterocycles. The molecule has 0 fully saturated rings. The van der Waals surface area contributed by atoms with E-state index in [1.54, 1.807) is 7.05 Å². The summed E-state index contributed by atoms with van der Waals surface area (Å²) in [5, 5.41) is 2.89. The monoisotopic (exact) mass is 209 g/mol. The van der Waals surface area contributed by atoms with Gasteiger partial charge in [-0.25, -0.2) is 4.79 Å². The first-order valence-corrected chi connectivity index (χ1v) is 5.09. The molecule has 1 rings (SSSR count). The Kier molecular flexibility index (Phi) is 7.28. The van der Waals surface area contributed by atoms with Crippen molar-refractivity contribution in [3.8, 4) is 0 Å². The van der Waals surface area contributed by atoms with Crippen LogP contribution < -0.4 is 5.32 Å². The fraction of sp³-hybridized carbons (Fsp3) is 0.417. The van der Waals surface area contributed by atoms with Gasteiger partial charge in [-0.15, -0.1) is 0 Å². The lowest BCUT2D eigenvalue weighted by Gasteiger charge is -2.13. The normalized spacial score (nSPS) is 10.9. The Morgan fingerprint density at radius 2 is 1.80 bits per heavy atom.